The third-order valence-electron chi connectivity index (χ3n) is 3.19. The lowest BCUT2D eigenvalue weighted by atomic mass is 10.0. The molecule has 0 spiro atoms. The molecule has 2 rings (SSSR count). The average molecular weight is 212 g/mol. The van der Waals surface area contributed by atoms with Crippen molar-refractivity contribution in [2.24, 2.45) is 0 Å². The van der Waals surface area contributed by atoms with Gasteiger partial charge in [-0.2, -0.15) is 0 Å². The number of cyclic esters (lactones) is 1. The maximum atomic E-state index is 11.1. The number of hydrogen-bond acceptors (Lipinski definition) is 4. The van der Waals surface area contributed by atoms with Crippen LogP contribution in [0.2, 0.25) is 0 Å². The normalized spacial score (nSPS) is 29.6. The molecule has 2 aliphatic heterocycles. The number of carbonyl (C=O) groups excluding carboxylic acids is 1. The quantitative estimate of drug-likeness (QED) is 0.672. The molecule has 0 aromatic rings. The van der Waals surface area contributed by atoms with E-state index in [1.807, 2.05) is 0 Å². The molecule has 1 N–H and O–H groups in total. The number of hydrogen-bond donors (Lipinski definition) is 1. The molecule has 0 amide bonds. The Kier molecular flexibility index (Phi) is 3.97. The number of rotatable bonds is 2. The molecule has 4 nitrogen and oxygen atoms in total. The summed E-state index contributed by atoms with van der Waals surface area (Å²) in [6.45, 7) is 4.52. The van der Waals surface area contributed by atoms with Crippen molar-refractivity contribution >= 4 is 5.97 Å². The number of nitrogens with one attached hydrogen (secondary N) is 1. The lowest BCUT2D eigenvalue weighted by Gasteiger charge is -2.29. The van der Waals surface area contributed by atoms with Gasteiger partial charge in [-0.25, -0.2) is 0 Å². The summed E-state index contributed by atoms with van der Waals surface area (Å²) in [5.74, 6) is -0.0471. The Morgan fingerprint density at radius 1 is 1.40 bits per heavy atom. The molecule has 0 saturated carbocycles. The molecule has 1 atom stereocenters. The minimum absolute atomic E-state index is 0.0471. The van der Waals surface area contributed by atoms with Gasteiger partial charge < -0.3 is 10.1 Å². The van der Waals surface area contributed by atoms with Gasteiger partial charge in [0, 0.05) is 25.7 Å². The van der Waals surface area contributed by atoms with Gasteiger partial charge in [0.15, 0.2) is 0 Å². The van der Waals surface area contributed by atoms with Crippen LogP contribution in [0.4, 0.5) is 0 Å². The summed E-state index contributed by atoms with van der Waals surface area (Å²) in [4.78, 5) is 13.4. The van der Waals surface area contributed by atoms with E-state index < -0.39 is 0 Å². The fourth-order valence-electron chi connectivity index (χ4n) is 2.30. The number of piperidine rings is 1. The highest BCUT2D eigenvalue weighted by Gasteiger charge is 2.19. The SMILES string of the molecule is O=C1CCN(CC2CCCCN2)CCO1. The number of ether oxygens (including phenoxy) is 1. The Balaban J connectivity index is 1.75. The lowest BCUT2D eigenvalue weighted by molar-refractivity contribution is -0.142. The van der Waals surface area contributed by atoms with E-state index in [9.17, 15) is 4.79 Å². The first kappa shape index (κ1) is 10.9. The molecule has 2 fully saturated rings. The van der Waals surface area contributed by atoms with Crippen LogP contribution < -0.4 is 5.32 Å². The Morgan fingerprint density at radius 2 is 2.33 bits per heavy atom. The summed E-state index contributed by atoms with van der Waals surface area (Å²) in [5.41, 5.74) is 0. The van der Waals surface area contributed by atoms with Crippen molar-refractivity contribution in [2.75, 3.05) is 32.8 Å². The monoisotopic (exact) mass is 212 g/mol. The average Bonchev–Trinajstić information content (AvgIpc) is 2.46. The highest BCUT2D eigenvalue weighted by Crippen LogP contribution is 2.10. The Bertz CT molecular complexity index is 215. The van der Waals surface area contributed by atoms with Gasteiger partial charge in [-0.05, 0) is 19.4 Å². The zero-order chi connectivity index (χ0) is 10.5. The van der Waals surface area contributed by atoms with Gasteiger partial charge >= 0.3 is 5.97 Å². The molecule has 0 aliphatic carbocycles. The zero-order valence-corrected chi connectivity index (χ0v) is 9.21. The van der Waals surface area contributed by atoms with Crippen LogP contribution in [-0.2, 0) is 9.53 Å². The van der Waals surface area contributed by atoms with Crippen LogP contribution in [0.3, 0.4) is 0 Å². The summed E-state index contributed by atoms with van der Waals surface area (Å²) < 4.78 is 5.02. The first-order valence-corrected chi connectivity index (χ1v) is 5.96. The van der Waals surface area contributed by atoms with E-state index in [2.05, 4.69) is 10.2 Å². The molecule has 2 heterocycles. The van der Waals surface area contributed by atoms with Crippen LogP contribution >= 0.6 is 0 Å². The van der Waals surface area contributed by atoms with E-state index in [4.69, 9.17) is 4.74 Å². The van der Waals surface area contributed by atoms with Gasteiger partial charge in [-0.1, -0.05) is 6.42 Å². The van der Waals surface area contributed by atoms with Crippen LogP contribution in [0, 0.1) is 0 Å². The third kappa shape index (κ3) is 3.47. The molecule has 1 unspecified atom stereocenters. The number of esters is 1. The minimum Gasteiger partial charge on any atom is -0.464 e. The minimum atomic E-state index is -0.0471. The second-order valence-electron chi connectivity index (χ2n) is 4.42. The van der Waals surface area contributed by atoms with Crippen molar-refractivity contribution in [3.8, 4) is 0 Å². The molecule has 86 valence electrons. The lowest BCUT2D eigenvalue weighted by Crippen LogP contribution is -2.44. The second-order valence-corrected chi connectivity index (χ2v) is 4.42. The van der Waals surface area contributed by atoms with Gasteiger partial charge in [0.1, 0.15) is 6.61 Å². The summed E-state index contributed by atoms with van der Waals surface area (Å²) in [6.07, 6.45) is 4.46. The molecule has 2 saturated heterocycles. The van der Waals surface area contributed by atoms with Gasteiger partial charge in [0.25, 0.3) is 0 Å². The standard InChI is InChI=1S/C11H20N2O2/c14-11-4-6-13(7-8-15-11)9-10-3-1-2-5-12-10/h10,12H,1-9H2. The van der Waals surface area contributed by atoms with E-state index in [1.165, 1.54) is 19.3 Å². The summed E-state index contributed by atoms with van der Waals surface area (Å²) >= 11 is 0. The van der Waals surface area contributed by atoms with Crippen LogP contribution in [0.15, 0.2) is 0 Å². The maximum absolute atomic E-state index is 11.1. The molecule has 0 aromatic carbocycles. The number of carbonyl (C=O) groups is 1. The van der Waals surface area contributed by atoms with Crippen molar-refractivity contribution < 1.29 is 9.53 Å². The van der Waals surface area contributed by atoms with Crippen molar-refractivity contribution in [3.63, 3.8) is 0 Å². The fourth-order valence-corrected chi connectivity index (χ4v) is 2.30. The van der Waals surface area contributed by atoms with Crippen LogP contribution in [0.1, 0.15) is 25.7 Å². The highest BCUT2D eigenvalue weighted by molar-refractivity contribution is 5.69. The Hall–Kier alpha value is -0.610. The van der Waals surface area contributed by atoms with E-state index in [0.29, 0.717) is 19.1 Å². The Labute approximate surface area is 91.0 Å². The van der Waals surface area contributed by atoms with E-state index in [-0.39, 0.29) is 5.97 Å². The summed E-state index contributed by atoms with van der Waals surface area (Å²) in [7, 11) is 0. The summed E-state index contributed by atoms with van der Waals surface area (Å²) in [5, 5.41) is 3.53. The predicted octanol–water partition coefficient (Wildman–Crippen LogP) is 0.377. The van der Waals surface area contributed by atoms with E-state index in [0.717, 1.165) is 26.2 Å². The van der Waals surface area contributed by atoms with E-state index >= 15 is 0 Å². The number of nitrogens with zero attached hydrogens (tertiary/aromatic N) is 1. The van der Waals surface area contributed by atoms with Crippen molar-refractivity contribution in [3.05, 3.63) is 0 Å². The first-order valence-electron chi connectivity index (χ1n) is 5.96. The smallest absolute Gasteiger partial charge is 0.307 e. The van der Waals surface area contributed by atoms with Crippen molar-refractivity contribution in [1.82, 2.24) is 10.2 Å². The molecule has 0 radical (unpaired) electrons. The molecule has 0 aromatic heterocycles. The highest BCUT2D eigenvalue weighted by atomic mass is 16.5. The third-order valence-corrected chi connectivity index (χ3v) is 3.19. The van der Waals surface area contributed by atoms with Crippen LogP contribution in [0.25, 0.3) is 0 Å². The van der Waals surface area contributed by atoms with Crippen LogP contribution in [0.5, 0.6) is 0 Å². The molecule has 4 heteroatoms. The zero-order valence-electron chi connectivity index (χ0n) is 9.21. The van der Waals surface area contributed by atoms with Gasteiger partial charge in [-0.3, -0.25) is 9.69 Å². The Morgan fingerprint density at radius 3 is 3.13 bits per heavy atom. The summed E-state index contributed by atoms with van der Waals surface area (Å²) in [6, 6.07) is 0.618. The molecule has 15 heavy (non-hydrogen) atoms. The topological polar surface area (TPSA) is 41.6 Å². The van der Waals surface area contributed by atoms with Gasteiger partial charge in [-0.15, -0.1) is 0 Å². The van der Waals surface area contributed by atoms with Gasteiger partial charge in [0.05, 0.1) is 6.42 Å². The molecular formula is C11H20N2O2. The maximum Gasteiger partial charge on any atom is 0.307 e. The van der Waals surface area contributed by atoms with Gasteiger partial charge in [0.2, 0.25) is 0 Å². The molecular weight excluding hydrogens is 192 g/mol. The largest absolute Gasteiger partial charge is 0.464 e. The van der Waals surface area contributed by atoms with Crippen LogP contribution in [-0.4, -0.2) is 49.7 Å². The molecule has 0 bridgehead atoms. The first-order chi connectivity index (χ1) is 7.34. The molecule has 2 aliphatic rings. The van der Waals surface area contributed by atoms with Crippen molar-refractivity contribution in [2.45, 2.75) is 31.7 Å². The predicted molar refractivity (Wildman–Crippen MR) is 57.7 cm³/mol. The fraction of sp³-hybridized carbons (Fsp3) is 0.909. The second kappa shape index (κ2) is 5.47. The van der Waals surface area contributed by atoms with E-state index in [1.54, 1.807) is 0 Å². The van der Waals surface area contributed by atoms with Crippen molar-refractivity contribution in [1.29, 1.82) is 0 Å².